The van der Waals surface area contributed by atoms with E-state index in [0.29, 0.717) is 17.9 Å². The van der Waals surface area contributed by atoms with Crippen molar-refractivity contribution in [3.63, 3.8) is 0 Å². The Kier molecular flexibility index (Phi) is 4.50. The molecular weight excluding hydrogens is 270 g/mol. The van der Waals surface area contributed by atoms with Crippen molar-refractivity contribution in [3.05, 3.63) is 59.4 Å². The van der Waals surface area contributed by atoms with Crippen LogP contribution in [0.1, 0.15) is 21.6 Å². The lowest BCUT2D eigenvalue weighted by molar-refractivity contribution is -0.120. The highest BCUT2D eigenvalue weighted by molar-refractivity contribution is 5.87. The predicted octanol–water partition coefficient (Wildman–Crippen LogP) is 1.22. The molecule has 6 heteroatoms. The van der Waals surface area contributed by atoms with Gasteiger partial charge in [-0.05, 0) is 29.8 Å². The fraction of sp³-hybridized carbons (Fsp3) is 0.133. The number of amides is 1. The highest BCUT2D eigenvalue weighted by atomic mass is 16.4. The second-order valence-electron chi connectivity index (χ2n) is 4.54. The lowest BCUT2D eigenvalue weighted by Crippen LogP contribution is -2.24. The molecule has 6 nitrogen and oxygen atoms in total. The van der Waals surface area contributed by atoms with E-state index in [0.717, 1.165) is 5.56 Å². The van der Waals surface area contributed by atoms with Gasteiger partial charge in [0, 0.05) is 12.2 Å². The lowest BCUT2D eigenvalue weighted by Gasteiger charge is -2.06. The number of aromatic carboxylic acids is 1. The second kappa shape index (κ2) is 6.51. The predicted molar refractivity (Wildman–Crippen MR) is 77.6 cm³/mol. The summed E-state index contributed by atoms with van der Waals surface area (Å²) in [5.41, 5.74) is 7.77. The van der Waals surface area contributed by atoms with Crippen LogP contribution in [0.4, 0.5) is 5.69 Å². The number of nitrogens with two attached hydrogens (primary N) is 1. The molecule has 0 aliphatic carbocycles. The first-order valence-electron chi connectivity index (χ1n) is 6.34. The third-order valence-corrected chi connectivity index (χ3v) is 2.88. The van der Waals surface area contributed by atoms with Crippen molar-refractivity contribution < 1.29 is 14.7 Å². The third-order valence-electron chi connectivity index (χ3n) is 2.88. The van der Waals surface area contributed by atoms with E-state index in [4.69, 9.17) is 10.8 Å². The Morgan fingerprint density at radius 2 is 1.86 bits per heavy atom. The summed E-state index contributed by atoms with van der Waals surface area (Å²) in [4.78, 5) is 26.5. The third kappa shape index (κ3) is 4.31. The first-order valence-corrected chi connectivity index (χ1v) is 6.34. The van der Waals surface area contributed by atoms with Crippen LogP contribution >= 0.6 is 0 Å². The van der Waals surface area contributed by atoms with E-state index in [9.17, 15) is 9.59 Å². The Labute approximate surface area is 121 Å². The quantitative estimate of drug-likeness (QED) is 0.766. The van der Waals surface area contributed by atoms with Gasteiger partial charge in [-0.25, -0.2) is 4.79 Å². The van der Waals surface area contributed by atoms with Gasteiger partial charge in [0.05, 0.1) is 23.9 Å². The number of hydrogen-bond donors (Lipinski definition) is 3. The van der Waals surface area contributed by atoms with Gasteiger partial charge in [-0.2, -0.15) is 0 Å². The number of carbonyl (C=O) groups is 2. The van der Waals surface area contributed by atoms with Gasteiger partial charge in [-0.1, -0.05) is 12.1 Å². The van der Waals surface area contributed by atoms with Gasteiger partial charge in [0.2, 0.25) is 5.91 Å². The molecule has 0 atom stereocenters. The average molecular weight is 285 g/mol. The smallest absolute Gasteiger partial charge is 0.335 e. The number of pyridine rings is 1. The van der Waals surface area contributed by atoms with E-state index in [1.807, 2.05) is 0 Å². The largest absolute Gasteiger partial charge is 0.478 e. The molecule has 0 unspecified atom stereocenters. The molecule has 1 aromatic carbocycles. The van der Waals surface area contributed by atoms with E-state index < -0.39 is 5.97 Å². The maximum absolute atomic E-state index is 11.8. The van der Waals surface area contributed by atoms with Crippen LogP contribution in [-0.4, -0.2) is 22.0 Å². The minimum Gasteiger partial charge on any atom is -0.478 e. The van der Waals surface area contributed by atoms with Crippen LogP contribution in [0, 0.1) is 0 Å². The van der Waals surface area contributed by atoms with Crippen LogP contribution in [0.2, 0.25) is 0 Å². The van der Waals surface area contributed by atoms with Gasteiger partial charge in [-0.15, -0.1) is 0 Å². The molecule has 4 N–H and O–H groups in total. The summed E-state index contributed by atoms with van der Waals surface area (Å²) >= 11 is 0. The fourth-order valence-electron chi connectivity index (χ4n) is 1.73. The normalized spacial score (nSPS) is 10.1. The number of nitrogen functional groups attached to an aromatic ring is 1. The highest BCUT2D eigenvalue weighted by Crippen LogP contribution is 2.05. The monoisotopic (exact) mass is 285 g/mol. The van der Waals surface area contributed by atoms with Crippen LogP contribution in [0.3, 0.4) is 0 Å². The Balaban J connectivity index is 1.86. The summed E-state index contributed by atoms with van der Waals surface area (Å²) in [6, 6.07) is 9.75. The van der Waals surface area contributed by atoms with Crippen LogP contribution in [-0.2, 0) is 17.8 Å². The molecule has 1 heterocycles. The van der Waals surface area contributed by atoms with Gasteiger partial charge in [0.25, 0.3) is 0 Å². The zero-order valence-electron chi connectivity index (χ0n) is 11.2. The van der Waals surface area contributed by atoms with E-state index in [1.54, 1.807) is 24.3 Å². The van der Waals surface area contributed by atoms with E-state index in [2.05, 4.69) is 10.3 Å². The van der Waals surface area contributed by atoms with Crippen molar-refractivity contribution in [2.75, 3.05) is 5.73 Å². The molecule has 0 aliphatic heterocycles. The van der Waals surface area contributed by atoms with Crippen molar-refractivity contribution in [3.8, 4) is 0 Å². The molecule has 0 aliphatic rings. The van der Waals surface area contributed by atoms with E-state index >= 15 is 0 Å². The maximum atomic E-state index is 11.8. The van der Waals surface area contributed by atoms with Crippen molar-refractivity contribution >= 4 is 17.6 Å². The Hall–Kier alpha value is -2.89. The Morgan fingerprint density at radius 1 is 1.14 bits per heavy atom. The SMILES string of the molecule is Nc1ccc(CC(=O)NCc2ccc(C(=O)O)cc2)nc1. The maximum Gasteiger partial charge on any atom is 0.335 e. The number of anilines is 1. The summed E-state index contributed by atoms with van der Waals surface area (Å²) in [7, 11) is 0. The summed E-state index contributed by atoms with van der Waals surface area (Å²) in [5, 5.41) is 11.5. The molecule has 0 radical (unpaired) electrons. The van der Waals surface area contributed by atoms with Crippen LogP contribution in [0.5, 0.6) is 0 Å². The van der Waals surface area contributed by atoms with Crippen molar-refractivity contribution in [1.29, 1.82) is 0 Å². The van der Waals surface area contributed by atoms with Gasteiger partial charge >= 0.3 is 5.97 Å². The van der Waals surface area contributed by atoms with Gasteiger partial charge < -0.3 is 16.2 Å². The number of carboxylic acids is 1. The summed E-state index contributed by atoms with van der Waals surface area (Å²) in [5.74, 6) is -1.13. The molecule has 2 rings (SSSR count). The molecule has 2 aromatic rings. The molecular formula is C15H15N3O3. The molecule has 0 bridgehead atoms. The average Bonchev–Trinajstić information content (AvgIpc) is 2.48. The number of carbonyl (C=O) groups excluding carboxylic acids is 1. The summed E-state index contributed by atoms with van der Waals surface area (Å²) < 4.78 is 0. The molecule has 21 heavy (non-hydrogen) atoms. The van der Waals surface area contributed by atoms with Gasteiger partial charge in [0.1, 0.15) is 0 Å². The van der Waals surface area contributed by atoms with Crippen LogP contribution < -0.4 is 11.1 Å². The Bertz CT molecular complexity index is 636. The standard InChI is InChI=1S/C15H15N3O3/c16-12-5-6-13(17-9-12)7-14(19)18-8-10-1-3-11(4-2-10)15(20)21/h1-6,9H,7-8,16H2,(H,18,19)(H,20,21). The fourth-order valence-corrected chi connectivity index (χ4v) is 1.73. The van der Waals surface area contributed by atoms with Gasteiger partial charge in [0.15, 0.2) is 0 Å². The van der Waals surface area contributed by atoms with Crippen LogP contribution in [0.25, 0.3) is 0 Å². The van der Waals surface area contributed by atoms with E-state index in [1.165, 1.54) is 18.3 Å². The second-order valence-corrected chi connectivity index (χ2v) is 4.54. The summed E-state index contributed by atoms with van der Waals surface area (Å²) in [6.07, 6.45) is 1.68. The molecule has 0 saturated heterocycles. The molecule has 0 spiro atoms. The molecule has 0 saturated carbocycles. The van der Waals surface area contributed by atoms with Crippen molar-refractivity contribution in [2.45, 2.75) is 13.0 Å². The number of nitrogens with zero attached hydrogens (tertiary/aromatic N) is 1. The lowest BCUT2D eigenvalue weighted by atomic mass is 10.1. The first-order chi connectivity index (χ1) is 10.0. The topological polar surface area (TPSA) is 105 Å². The molecule has 1 aromatic heterocycles. The molecule has 1 amide bonds. The van der Waals surface area contributed by atoms with Gasteiger partial charge in [-0.3, -0.25) is 9.78 Å². The number of aromatic nitrogens is 1. The first kappa shape index (κ1) is 14.5. The minimum atomic E-state index is -0.972. The highest BCUT2D eigenvalue weighted by Gasteiger charge is 2.05. The number of benzene rings is 1. The zero-order valence-corrected chi connectivity index (χ0v) is 11.2. The Morgan fingerprint density at radius 3 is 2.43 bits per heavy atom. The number of nitrogens with one attached hydrogen (secondary N) is 1. The minimum absolute atomic E-state index is 0.158. The molecule has 108 valence electrons. The van der Waals surface area contributed by atoms with Crippen LogP contribution in [0.15, 0.2) is 42.6 Å². The zero-order chi connectivity index (χ0) is 15.2. The number of rotatable bonds is 5. The van der Waals surface area contributed by atoms with Crippen molar-refractivity contribution in [1.82, 2.24) is 10.3 Å². The van der Waals surface area contributed by atoms with Crippen molar-refractivity contribution in [2.24, 2.45) is 0 Å². The van der Waals surface area contributed by atoms with E-state index in [-0.39, 0.29) is 17.9 Å². The molecule has 0 fully saturated rings. The number of carboxylic acid groups (broad SMARTS) is 1. The number of hydrogen-bond acceptors (Lipinski definition) is 4. The summed E-state index contributed by atoms with van der Waals surface area (Å²) in [6.45, 7) is 0.341.